The van der Waals surface area contributed by atoms with Crippen LogP contribution in [0.2, 0.25) is 15.1 Å². The number of nitrogens with one attached hydrogen (secondary N) is 1. The standard InChI is InChI=1S/C23H20Cl3N5O2/c1-2-18(32)30-4-6-31(7-5-30)23-15-11-16(25)19-14-9-13(24)10-17(26)20(14)27-3-8-33-22(19)21(15)28-12-29-23/h2,9-12,27H,1,3-8H2. The van der Waals surface area contributed by atoms with Crippen LogP contribution < -0.4 is 15.0 Å². The molecule has 2 aromatic carbocycles. The first kappa shape index (κ1) is 22.1. The van der Waals surface area contributed by atoms with Gasteiger partial charge in [-0.1, -0.05) is 41.4 Å². The lowest BCUT2D eigenvalue weighted by Gasteiger charge is -2.35. The van der Waals surface area contributed by atoms with Gasteiger partial charge in [0.15, 0.2) is 5.75 Å². The average Bonchev–Trinajstić information content (AvgIpc) is 2.80. The second-order valence-corrected chi connectivity index (χ2v) is 9.01. The van der Waals surface area contributed by atoms with E-state index >= 15 is 0 Å². The quantitative estimate of drug-likeness (QED) is 0.501. The molecule has 2 aliphatic heterocycles. The Morgan fingerprint density at radius 3 is 2.64 bits per heavy atom. The fourth-order valence-electron chi connectivity index (χ4n) is 4.32. The molecule has 2 aliphatic rings. The van der Waals surface area contributed by atoms with Crippen molar-refractivity contribution >= 4 is 63.1 Å². The maximum Gasteiger partial charge on any atom is 0.246 e. The number of amides is 1. The predicted molar refractivity (Wildman–Crippen MR) is 133 cm³/mol. The molecule has 0 spiro atoms. The van der Waals surface area contributed by atoms with Crippen molar-refractivity contribution in [1.82, 2.24) is 14.9 Å². The summed E-state index contributed by atoms with van der Waals surface area (Å²) in [4.78, 5) is 24.9. The molecule has 7 nitrogen and oxygen atoms in total. The molecular formula is C23H20Cl3N5O2. The summed E-state index contributed by atoms with van der Waals surface area (Å²) in [5, 5.41) is 5.58. The van der Waals surface area contributed by atoms with Crippen LogP contribution in [-0.4, -0.2) is 60.1 Å². The van der Waals surface area contributed by atoms with E-state index in [9.17, 15) is 4.79 Å². The largest absolute Gasteiger partial charge is 0.489 e. The van der Waals surface area contributed by atoms with Crippen molar-refractivity contribution in [2.24, 2.45) is 0 Å². The Kier molecular flexibility index (Phi) is 5.95. The van der Waals surface area contributed by atoms with E-state index in [1.165, 1.54) is 12.4 Å². The van der Waals surface area contributed by atoms with Gasteiger partial charge in [-0.25, -0.2) is 9.97 Å². The van der Waals surface area contributed by atoms with Crippen LogP contribution in [0.1, 0.15) is 0 Å². The summed E-state index contributed by atoms with van der Waals surface area (Å²) in [7, 11) is 0. The van der Waals surface area contributed by atoms with E-state index in [0.717, 1.165) is 22.5 Å². The van der Waals surface area contributed by atoms with Crippen LogP contribution in [0, 0.1) is 0 Å². The Bertz CT molecular complexity index is 1270. The number of hydrogen-bond donors (Lipinski definition) is 1. The smallest absolute Gasteiger partial charge is 0.246 e. The monoisotopic (exact) mass is 503 g/mol. The van der Waals surface area contributed by atoms with Crippen molar-refractivity contribution in [3.05, 3.63) is 52.2 Å². The fourth-order valence-corrected chi connectivity index (χ4v) is 5.17. The minimum Gasteiger partial charge on any atom is -0.489 e. The van der Waals surface area contributed by atoms with Crippen LogP contribution in [0.3, 0.4) is 0 Å². The summed E-state index contributed by atoms with van der Waals surface area (Å²) in [5.41, 5.74) is 2.85. The van der Waals surface area contributed by atoms with Crippen molar-refractivity contribution in [3.63, 3.8) is 0 Å². The van der Waals surface area contributed by atoms with Crippen molar-refractivity contribution in [2.75, 3.05) is 49.5 Å². The van der Waals surface area contributed by atoms with E-state index in [2.05, 4.69) is 26.8 Å². The summed E-state index contributed by atoms with van der Waals surface area (Å²) in [6.45, 7) is 6.98. The van der Waals surface area contributed by atoms with E-state index in [0.29, 0.717) is 71.2 Å². The highest BCUT2D eigenvalue weighted by atomic mass is 35.5. The highest BCUT2D eigenvalue weighted by molar-refractivity contribution is 6.39. The van der Waals surface area contributed by atoms with Crippen LogP contribution in [0.5, 0.6) is 5.75 Å². The van der Waals surface area contributed by atoms with Gasteiger partial charge < -0.3 is 19.9 Å². The third-order valence-electron chi connectivity index (χ3n) is 5.85. The number of fused-ring (bicyclic) bond motifs is 5. The number of ether oxygens (including phenoxy) is 1. The summed E-state index contributed by atoms with van der Waals surface area (Å²) in [5.74, 6) is 1.26. The zero-order valence-corrected chi connectivity index (χ0v) is 19.8. The summed E-state index contributed by atoms with van der Waals surface area (Å²) in [6, 6.07) is 5.37. The number of anilines is 2. The molecule has 170 valence electrons. The van der Waals surface area contributed by atoms with Crippen molar-refractivity contribution in [1.29, 1.82) is 0 Å². The molecular weight excluding hydrogens is 485 g/mol. The normalized spacial score (nSPS) is 15.6. The first-order valence-electron chi connectivity index (χ1n) is 10.5. The molecule has 0 bridgehead atoms. The van der Waals surface area contributed by atoms with Gasteiger partial charge >= 0.3 is 0 Å². The Labute approximate surface area is 205 Å². The zero-order chi connectivity index (χ0) is 23.1. The average molecular weight is 505 g/mol. The molecule has 0 atom stereocenters. The number of carbonyl (C=O) groups excluding carboxylic acids is 1. The van der Waals surface area contributed by atoms with E-state index in [-0.39, 0.29) is 5.91 Å². The number of rotatable bonds is 2. The molecule has 5 rings (SSSR count). The number of nitrogens with zero attached hydrogens (tertiary/aromatic N) is 4. The van der Waals surface area contributed by atoms with Gasteiger partial charge in [0.1, 0.15) is 24.3 Å². The van der Waals surface area contributed by atoms with Gasteiger partial charge in [0.2, 0.25) is 5.91 Å². The molecule has 10 heteroatoms. The third-order valence-corrected chi connectivity index (χ3v) is 6.67. The summed E-state index contributed by atoms with van der Waals surface area (Å²) >= 11 is 19.6. The number of benzene rings is 2. The maximum absolute atomic E-state index is 11.9. The topological polar surface area (TPSA) is 70.6 Å². The zero-order valence-electron chi connectivity index (χ0n) is 17.6. The van der Waals surface area contributed by atoms with Gasteiger partial charge in [0, 0.05) is 54.3 Å². The predicted octanol–water partition coefficient (Wildman–Crippen LogP) is 4.90. The third kappa shape index (κ3) is 3.94. The van der Waals surface area contributed by atoms with Gasteiger partial charge in [0.05, 0.1) is 15.7 Å². The van der Waals surface area contributed by atoms with E-state index in [1.54, 1.807) is 11.0 Å². The van der Waals surface area contributed by atoms with E-state index < -0.39 is 0 Å². The van der Waals surface area contributed by atoms with Crippen molar-refractivity contribution < 1.29 is 9.53 Å². The maximum atomic E-state index is 11.9. The Hall–Kier alpha value is -2.74. The molecule has 0 saturated carbocycles. The van der Waals surface area contributed by atoms with Crippen LogP contribution in [0.25, 0.3) is 22.0 Å². The van der Waals surface area contributed by atoms with Crippen LogP contribution >= 0.6 is 34.8 Å². The molecule has 0 aliphatic carbocycles. The van der Waals surface area contributed by atoms with Gasteiger partial charge in [-0.2, -0.15) is 0 Å². The minimum atomic E-state index is -0.0652. The SMILES string of the molecule is C=CC(=O)N1CCN(c2ncnc3c4c(c(Cl)cc23)-c2cc(Cl)cc(Cl)c2NCCO4)CC1. The molecule has 1 fully saturated rings. The first-order valence-corrected chi connectivity index (χ1v) is 11.6. The highest BCUT2D eigenvalue weighted by Gasteiger charge is 2.27. The second-order valence-electron chi connectivity index (χ2n) is 7.76. The summed E-state index contributed by atoms with van der Waals surface area (Å²) < 4.78 is 6.16. The van der Waals surface area contributed by atoms with Gasteiger partial charge in [-0.15, -0.1) is 0 Å². The molecule has 1 aromatic heterocycles. The number of halogens is 3. The molecule has 1 saturated heterocycles. The lowest BCUT2D eigenvalue weighted by molar-refractivity contribution is -0.126. The molecule has 3 heterocycles. The summed E-state index contributed by atoms with van der Waals surface area (Å²) in [6.07, 6.45) is 2.87. The highest BCUT2D eigenvalue weighted by Crippen LogP contribution is 2.48. The van der Waals surface area contributed by atoms with Crippen LogP contribution in [0.15, 0.2) is 37.2 Å². The van der Waals surface area contributed by atoms with Gasteiger partial charge in [-0.05, 0) is 24.3 Å². The first-order chi connectivity index (χ1) is 16.0. The van der Waals surface area contributed by atoms with Gasteiger partial charge in [0.25, 0.3) is 0 Å². The molecule has 0 unspecified atom stereocenters. The Morgan fingerprint density at radius 2 is 1.88 bits per heavy atom. The number of aromatic nitrogens is 2. The molecule has 1 amide bonds. The van der Waals surface area contributed by atoms with Crippen molar-refractivity contribution in [2.45, 2.75) is 0 Å². The van der Waals surface area contributed by atoms with Crippen LogP contribution in [-0.2, 0) is 4.79 Å². The van der Waals surface area contributed by atoms with Crippen LogP contribution in [0.4, 0.5) is 11.5 Å². The number of hydrogen-bond acceptors (Lipinski definition) is 6. The van der Waals surface area contributed by atoms with Crippen molar-refractivity contribution in [3.8, 4) is 16.9 Å². The van der Waals surface area contributed by atoms with E-state index in [1.807, 2.05) is 12.1 Å². The Morgan fingerprint density at radius 1 is 1.09 bits per heavy atom. The van der Waals surface area contributed by atoms with E-state index in [4.69, 9.17) is 39.5 Å². The lowest BCUT2D eigenvalue weighted by atomic mass is 9.99. The fraction of sp³-hybridized carbons (Fsp3) is 0.261. The lowest BCUT2D eigenvalue weighted by Crippen LogP contribution is -2.48. The number of carbonyl (C=O) groups is 1. The number of piperazine rings is 1. The minimum absolute atomic E-state index is 0.0652. The van der Waals surface area contributed by atoms with Gasteiger partial charge in [-0.3, -0.25) is 4.79 Å². The second kappa shape index (κ2) is 8.89. The Balaban J connectivity index is 1.64. The molecule has 33 heavy (non-hydrogen) atoms. The molecule has 3 aromatic rings. The molecule has 0 radical (unpaired) electrons. The molecule has 1 N–H and O–H groups in total.